The number of aromatic nitrogens is 2. The second-order valence-corrected chi connectivity index (χ2v) is 4.68. The molecule has 2 heteroatoms. The van der Waals surface area contributed by atoms with E-state index in [1.54, 1.807) is 0 Å². The van der Waals surface area contributed by atoms with Crippen LogP contribution in [0.15, 0.2) is 41.7 Å². The van der Waals surface area contributed by atoms with Crippen LogP contribution in [0.4, 0.5) is 0 Å². The van der Waals surface area contributed by atoms with Crippen molar-refractivity contribution in [2.24, 2.45) is 0 Å². The first-order valence-corrected chi connectivity index (χ1v) is 6.06. The molecule has 3 rings (SSSR count). The van der Waals surface area contributed by atoms with E-state index in [0.717, 1.165) is 5.65 Å². The highest BCUT2D eigenvalue weighted by Crippen LogP contribution is 2.35. The monoisotopic (exact) mass is 224 g/mol. The summed E-state index contributed by atoms with van der Waals surface area (Å²) in [7, 11) is 0. The lowest BCUT2D eigenvalue weighted by molar-refractivity contribution is 0.953. The number of hydrogen-bond donors (Lipinski definition) is 1. The van der Waals surface area contributed by atoms with Gasteiger partial charge >= 0.3 is 0 Å². The lowest BCUT2D eigenvalue weighted by atomic mass is 9.87. The van der Waals surface area contributed by atoms with E-state index in [4.69, 9.17) is 0 Å². The molecule has 2 nitrogen and oxygen atoms in total. The summed E-state index contributed by atoms with van der Waals surface area (Å²) in [6.07, 6.45) is 8.51. The maximum absolute atomic E-state index is 4.35. The maximum Gasteiger partial charge on any atom is 0.137 e. The third-order valence-electron chi connectivity index (χ3n) is 3.52. The van der Waals surface area contributed by atoms with Crippen molar-refractivity contribution in [3.05, 3.63) is 47.3 Å². The molecule has 0 saturated carbocycles. The van der Waals surface area contributed by atoms with Crippen molar-refractivity contribution >= 4 is 16.6 Å². The summed E-state index contributed by atoms with van der Waals surface area (Å²) in [6.45, 7) is 4.45. The molecule has 0 atom stereocenters. The number of rotatable bonds is 1. The van der Waals surface area contributed by atoms with E-state index in [9.17, 15) is 0 Å². The molecular formula is C15H16N2. The van der Waals surface area contributed by atoms with Crippen molar-refractivity contribution in [2.75, 3.05) is 0 Å². The minimum absolute atomic E-state index is 0.973. The Balaban J connectivity index is 2.28. The second-order valence-electron chi connectivity index (χ2n) is 4.68. The molecule has 1 aliphatic carbocycles. The van der Waals surface area contributed by atoms with E-state index in [0.29, 0.717) is 0 Å². The zero-order valence-corrected chi connectivity index (χ0v) is 10.2. The van der Waals surface area contributed by atoms with Crippen molar-refractivity contribution < 1.29 is 0 Å². The normalized spacial score (nSPS) is 16.5. The topological polar surface area (TPSA) is 28.7 Å². The van der Waals surface area contributed by atoms with Gasteiger partial charge in [-0.05, 0) is 55.5 Å². The van der Waals surface area contributed by atoms with Crippen molar-refractivity contribution in [2.45, 2.75) is 26.7 Å². The predicted molar refractivity (Wildman–Crippen MR) is 71.7 cm³/mol. The first kappa shape index (κ1) is 10.3. The molecule has 0 bridgehead atoms. The first-order valence-electron chi connectivity index (χ1n) is 6.06. The predicted octanol–water partition coefficient (Wildman–Crippen LogP) is 4.08. The summed E-state index contributed by atoms with van der Waals surface area (Å²) in [5.74, 6) is 0. The summed E-state index contributed by atoms with van der Waals surface area (Å²) in [5.41, 5.74) is 6.56. The fraction of sp³-hybridized carbons (Fsp3) is 0.267. The van der Waals surface area contributed by atoms with Gasteiger partial charge in [-0.1, -0.05) is 11.6 Å². The lowest BCUT2D eigenvalue weighted by Gasteiger charge is -2.18. The van der Waals surface area contributed by atoms with Crippen LogP contribution in [0.3, 0.4) is 0 Å². The molecule has 2 heterocycles. The molecule has 0 fully saturated rings. The Morgan fingerprint density at radius 2 is 2.12 bits per heavy atom. The molecule has 0 aromatic carbocycles. The van der Waals surface area contributed by atoms with Gasteiger partial charge in [0.15, 0.2) is 0 Å². The average Bonchev–Trinajstić information content (AvgIpc) is 2.77. The fourth-order valence-electron chi connectivity index (χ4n) is 2.69. The van der Waals surface area contributed by atoms with Gasteiger partial charge in [0, 0.05) is 17.8 Å². The molecule has 0 amide bonds. The molecule has 0 saturated heterocycles. The highest BCUT2D eigenvalue weighted by atomic mass is 14.8. The number of aromatic amines is 1. The molecule has 86 valence electrons. The van der Waals surface area contributed by atoms with Crippen LogP contribution in [-0.2, 0) is 0 Å². The van der Waals surface area contributed by atoms with Crippen molar-refractivity contribution in [1.82, 2.24) is 9.97 Å². The standard InChI is InChI=1S/C15H16N2/c1-10-4-3-5-11(2)14(10)12-6-8-16-15-13(12)7-9-17-15/h4,6-9H,3,5H2,1-2H3,(H,16,17). The molecule has 0 aliphatic heterocycles. The van der Waals surface area contributed by atoms with E-state index in [2.05, 4.69) is 42.0 Å². The van der Waals surface area contributed by atoms with Crippen LogP contribution in [0.2, 0.25) is 0 Å². The smallest absolute Gasteiger partial charge is 0.137 e. The van der Waals surface area contributed by atoms with E-state index in [1.807, 2.05) is 12.4 Å². The summed E-state index contributed by atoms with van der Waals surface area (Å²) in [5, 5.41) is 1.22. The van der Waals surface area contributed by atoms with Gasteiger partial charge in [-0.2, -0.15) is 0 Å². The van der Waals surface area contributed by atoms with Gasteiger partial charge in [0.05, 0.1) is 0 Å². The highest BCUT2D eigenvalue weighted by molar-refractivity contribution is 5.95. The van der Waals surface area contributed by atoms with Crippen LogP contribution < -0.4 is 0 Å². The van der Waals surface area contributed by atoms with Crippen molar-refractivity contribution in [1.29, 1.82) is 0 Å². The van der Waals surface area contributed by atoms with Gasteiger partial charge in [0.2, 0.25) is 0 Å². The molecule has 0 unspecified atom stereocenters. The van der Waals surface area contributed by atoms with Crippen LogP contribution >= 0.6 is 0 Å². The van der Waals surface area contributed by atoms with Crippen LogP contribution in [-0.4, -0.2) is 9.97 Å². The summed E-state index contributed by atoms with van der Waals surface area (Å²) >= 11 is 0. The van der Waals surface area contributed by atoms with Crippen LogP contribution in [0, 0.1) is 0 Å². The molecule has 2 aromatic heterocycles. The Morgan fingerprint density at radius 3 is 2.94 bits per heavy atom. The number of hydrogen-bond acceptors (Lipinski definition) is 1. The molecular weight excluding hydrogens is 208 g/mol. The lowest BCUT2D eigenvalue weighted by Crippen LogP contribution is -1.97. The number of nitrogens with one attached hydrogen (secondary N) is 1. The van der Waals surface area contributed by atoms with Crippen molar-refractivity contribution in [3.8, 4) is 0 Å². The molecule has 17 heavy (non-hydrogen) atoms. The third-order valence-corrected chi connectivity index (χ3v) is 3.52. The zero-order chi connectivity index (χ0) is 11.8. The maximum atomic E-state index is 4.35. The van der Waals surface area contributed by atoms with E-state index >= 15 is 0 Å². The summed E-state index contributed by atoms with van der Waals surface area (Å²) < 4.78 is 0. The SMILES string of the molecule is CC1=CCCC(C)=C1c1ccnc2[nH]ccc12. The van der Waals surface area contributed by atoms with E-state index in [-0.39, 0.29) is 0 Å². The van der Waals surface area contributed by atoms with Gasteiger partial charge < -0.3 is 4.98 Å². The Morgan fingerprint density at radius 1 is 1.24 bits per heavy atom. The second kappa shape index (κ2) is 3.88. The van der Waals surface area contributed by atoms with Crippen LogP contribution in [0.1, 0.15) is 32.3 Å². The minimum Gasteiger partial charge on any atom is -0.346 e. The number of allylic oxidation sites excluding steroid dienone is 4. The van der Waals surface area contributed by atoms with Gasteiger partial charge in [-0.15, -0.1) is 0 Å². The van der Waals surface area contributed by atoms with Crippen LogP contribution in [0.5, 0.6) is 0 Å². The zero-order valence-electron chi connectivity index (χ0n) is 10.2. The van der Waals surface area contributed by atoms with Gasteiger partial charge in [-0.3, -0.25) is 0 Å². The number of nitrogens with zero attached hydrogens (tertiary/aromatic N) is 1. The minimum atomic E-state index is 0.973. The first-order chi connectivity index (χ1) is 8.27. The number of pyridine rings is 1. The van der Waals surface area contributed by atoms with Gasteiger partial charge in [0.1, 0.15) is 5.65 Å². The highest BCUT2D eigenvalue weighted by Gasteiger charge is 2.14. The van der Waals surface area contributed by atoms with Gasteiger partial charge in [0.25, 0.3) is 0 Å². The molecule has 0 radical (unpaired) electrons. The molecule has 1 N–H and O–H groups in total. The summed E-state index contributed by atoms with van der Waals surface area (Å²) in [6, 6.07) is 4.23. The Bertz CT molecular complexity index is 629. The Labute approximate surface area is 101 Å². The molecule has 0 spiro atoms. The van der Waals surface area contributed by atoms with E-state index in [1.165, 1.54) is 40.5 Å². The summed E-state index contributed by atoms with van der Waals surface area (Å²) in [4.78, 5) is 7.52. The molecule has 1 aliphatic rings. The Kier molecular flexibility index (Phi) is 2.36. The Hall–Kier alpha value is -1.83. The van der Waals surface area contributed by atoms with Crippen molar-refractivity contribution in [3.63, 3.8) is 0 Å². The van der Waals surface area contributed by atoms with E-state index < -0.39 is 0 Å². The average molecular weight is 224 g/mol. The fourth-order valence-corrected chi connectivity index (χ4v) is 2.69. The largest absolute Gasteiger partial charge is 0.346 e. The third kappa shape index (κ3) is 1.60. The number of H-pyrrole nitrogens is 1. The molecule has 2 aromatic rings. The number of fused-ring (bicyclic) bond motifs is 1. The van der Waals surface area contributed by atoms with Crippen LogP contribution in [0.25, 0.3) is 16.6 Å². The van der Waals surface area contributed by atoms with Gasteiger partial charge in [-0.25, -0.2) is 4.98 Å². The quantitative estimate of drug-likeness (QED) is 0.777.